The molecule has 5 nitrogen and oxygen atoms in total. The van der Waals surface area contributed by atoms with Crippen molar-refractivity contribution in [1.29, 1.82) is 0 Å². The van der Waals surface area contributed by atoms with Gasteiger partial charge in [-0.3, -0.25) is 4.79 Å². The number of carbonyl (C=O) groups excluding carboxylic acids is 1. The number of hydrogen-bond acceptors (Lipinski definition) is 4. The normalized spacial score (nSPS) is 18.5. The number of fused-ring (bicyclic) bond motifs is 1. The maximum absolute atomic E-state index is 12.8. The first-order valence-electron chi connectivity index (χ1n) is 6.96. The van der Waals surface area contributed by atoms with Crippen LogP contribution in [0.3, 0.4) is 0 Å². The van der Waals surface area contributed by atoms with E-state index in [2.05, 4.69) is 9.97 Å². The van der Waals surface area contributed by atoms with Crippen LogP contribution in [0, 0.1) is 0 Å². The van der Waals surface area contributed by atoms with Gasteiger partial charge in [0.2, 0.25) is 0 Å². The van der Waals surface area contributed by atoms with Crippen LogP contribution in [0.25, 0.3) is 5.65 Å². The maximum Gasteiger partial charge on any atom is 0.255 e. The summed E-state index contributed by atoms with van der Waals surface area (Å²) < 4.78 is 1.88. The lowest BCUT2D eigenvalue weighted by atomic mass is 10.2. The van der Waals surface area contributed by atoms with Crippen molar-refractivity contribution < 1.29 is 4.79 Å². The maximum atomic E-state index is 12.8. The van der Waals surface area contributed by atoms with E-state index in [1.807, 2.05) is 39.2 Å². The van der Waals surface area contributed by atoms with E-state index in [0.717, 1.165) is 30.0 Å². The van der Waals surface area contributed by atoms with E-state index in [9.17, 15) is 4.79 Å². The minimum absolute atomic E-state index is 0.0725. The Morgan fingerprint density at radius 1 is 1.29 bits per heavy atom. The van der Waals surface area contributed by atoms with Crippen LogP contribution in [-0.2, 0) is 0 Å². The SMILES string of the molecule is O=C(c1ccc2nccn2c1)N1CCC[C@H]1c1nccs1. The van der Waals surface area contributed by atoms with E-state index in [4.69, 9.17) is 0 Å². The molecule has 1 atom stereocenters. The Kier molecular flexibility index (Phi) is 2.96. The van der Waals surface area contributed by atoms with E-state index in [0.29, 0.717) is 5.56 Å². The number of nitrogens with zero attached hydrogens (tertiary/aromatic N) is 4. The topological polar surface area (TPSA) is 50.5 Å². The molecule has 6 heteroatoms. The number of hydrogen-bond donors (Lipinski definition) is 0. The van der Waals surface area contributed by atoms with Gasteiger partial charge in [-0.25, -0.2) is 9.97 Å². The second kappa shape index (κ2) is 4.96. The molecule has 0 aromatic carbocycles. The van der Waals surface area contributed by atoms with Gasteiger partial charge in [-0.2, -0.15) is 0 Å². The second-order valence-electron chi connectivity index (χ2n) is 5.14. The first-order valence-corrected chi connectivity index (χ1v) is 7.84. The predicted molar refractivity (Wildman–Crippen MR) is 80.3 cm³/mol. The number of imidazole rings is 1. The molecule has 0 radical (unpaired) electrons. The third-order valence-electron chi connectivity index (χ3n) is 3.89. The molecule has 1 saturated heterocycles. The van der Waals surface area contributed by atoms with E-state index < -0.39 is 0 Å². The highest BCUT2D eigenvalue weighted by molar-refractivity contribution is 7.09. The summed E-state index contributed by atoms with van der Waals surface area (Å²) in [6.07, 6.45) is 9.27. The van der Waals surface area contributed by atoms with Crippen molar-refractivity contribution in [3.05, 3.63) is 52.9 Å². The van der Waals surface area contributed by atoms with Crippen molar-refractivity contribution in [3.8, 4) is 0 Å². The molecule has 1 aliphatic heterocycles. The predicted octanol–water partition coefficient (Wildman–Crippen LogP) is 2.77. The van der Waals surface area contributed by atoms with Crippen molar-refractivity contribution >= 4 is 22.9 Å². The van der Waals surface area contributed by atoms with E-state index >= 15 is 0 Å². The highest BCUT2D eigenvalue weighted by atomic mass is 32.1. The minimum Gasteiger partial charge on any atom is -0.329 e. The van der Waals surface area contributed by atoms with Gasteiger partial charge in [0, 0.05) is 36.7 Å². The number of likely N-dealkylation sites (tertiary alicyclic amines) is 1. The molecule has 1 amide bonds. The molecular formula is C15H14N4OS. The fourth-order valence-electron chi connectivity index (χ4n) is 2.88. The first-order chi connectivity index (χ1) is 10.3. The fraction of sp³-hybridized carbons (Fsp3) is 0.267. The zero-order valence-electron chi connectivity index (χ0n) is 11.3. The molecule has 106 valence electrons. The number of amides is 1. The van der Waals surface area contributed by atoms with Gasteiger partial charge in [-0.1, -0.05) is 0 Å². The zero-order chi connectivity index (χ0) is 14.2. The standard InChI is InChI=1S/C15H14N4OS/c20-15(11-3-4-13-16-5-8-18(13)10-11)19-7-1-2-12(19)14-17-6-9-21-14/h3-6,8-10,12H,1-2,7H2/t12-/m0/s1. The molecule has 3 aromatic heterocycles. The van der Waals surface area contributed by atoms with Crippen molar-refractivity contribution in [3.63, 3.8) is 0 Å². The third kappa shape index (κ3) is 2.12. The molecule has 0 N–H and O–H groups in total. The number of carbonyl (C=O) groups is 1. The summed E-state index contributed by atoms with van der Waals surface area (Å²) in [6.45, 7) is 0.797. The number of pyridine rings is 1. The molecule has 21 heavy (non-hydrogen) atoms. The van der Waals surface area contributed by atoms with Crippen LogP contribution in [0.1, 0.15) is 34.2 Å². The average molecular weight is 298 g/mol. The highest BCUT2D eigenvalue weighted by Crippen LogP contribution is 2.34. The molecule has 0 aliphatic carbocycles. The Bertz CT molecular complexity index is 780. The second-order valence-corrected chi connectivity index (χ2v) is 6.06. The summed E-state index contributed by atoms with van der Waals surface area (Å²) in [5, 5.41) is 3.00. The van der Waals surface area contributed by atoms with Gasteiger partial charge in [-0.05, 0) is 25.0 Å². The summed E-state index contributed by atoms with van der Waals surface area (Å²) in [5.41, 5.74) is 1.55. The molecular weight excluding hydrogens is 284 g/mol. The summed E-state index contributed by atoms with van der Waals surface area (Å²) in [5.74, 6) is 0.0725. The van der Waals surface area contributed by atoms with E-state index in [-0.39, 0.29) is 11.9 Å². The van der Waals surface area contributed by atoms with Gasteiger partial charge in [0.15, 0.2) is 0 Å². The molecule has 0 spiro atoms. The molecule has 0 saturated carbocycles. The largest absolute Gasteiger partial charge is 0.329 e. The molecule has 1 aliphatic rings. The summed E-state index contributed by atoms with van der Waals surface area (Å²) in [6, 6.07) is 3.85. The van der Waals surface area contributed by atoms with Crippen molar-refractivity contribution in [2.24, 2.45) is 0 Å². The van der Waals surface area contributed by atoms with Crippen LogP contribution >= 0.6 is 11.3 Å². The Labute approximate surface area is 125 Å². The lowest BCUT2D eigenvalue weighted by molar-refractivity contribution is 0.0735. The average Bonchev–Trinajstić information content (AvgIpc) is 3.24. The van der Waals surface area contributed by atoms with Gasteiger partial charge in [-0.15, -0.1) is 11.3 Å². The summed E-state index contributed by atoms with van der Waals surface area (Å²) in [7, 11) is 0. The Morgan fingerprint density at radius 3 is 3.10 bits per heavy atom. The Balaban J connectivity index is 1.66. The molecule has 4 rings (SSSR count). The quantitative estimate of drug-likeness (QED) is 0.731. The molecule has 3 aromatic rings. The Hall–Kier alpha value is -2.21. The van der Waals surface area contributed by atoms with Gasteiger partial charge in [0.1, 0.15) is 10.7 Å². The van der Waals surface area contributed by atoms with E-state index in [1.54, 1.807) is 23.7 Å². The fourth-order valence-corrected chi connectivity index (χ4v) is 3.66. The smallest absolute Gasteiger partial charge is 0.255 e. The Morgan fingerprint density at radius 2 is 2.24 bits per heavy atom. The minimum atomic E-state index is 0.0725. The van der Waals surface area contributed by atoms with Crippen LogP contribution in [-0.4, -0.2) is 31.7 Å². The van der Waals surface area contributed by atoms with Gasteiger partial charge in [0.25, 0.3) is 5.91 Å². The lowest BCUT2D eigenvalue weighted by Gasteiger charge is -2.23. The molecule has 0 bridgehead atoms. The summed E-state index contributed by atoms with van der Waals surface area (Å²) >= 11 is 1.62. The molecule has 1 fully saturated rings. The van der Waals surface area contributed by atoms with Crippen LogP contribution in [0.4, 0.5) is 0 Å². The van der Waals surface area contributed by atoms with Crippen molar-refractivity contribution in [1.82, 2.24) is 19.3 Å². The van der Waals surface area contributed by atoms with Crippen molar-refractivity contribution in [2.75, 3.05) is 6.54 Å². The zero-order valence-corrected chi connectivity index (χ0v) is 12.2. The number of thiazole rings is 1. The van der Waals surface area contributed by atoms with Gasteiger partial charge >= 0.3 is 0 Å². The lowest BCUT2D eigenvalue weighted by Crippen LogP contribution is -2.30. The number of rotatable bonds is 2. The monoisotopic (exact) mass is 298 g/mol. The van der Waals surface area contributed by atoms with Crippen LogP contribution in [0.5, 0.6) is 0 Å². The van der Waals surface area contributed by atoms with Gasteiger partial charge < -0.3 is 9.30 Å². The molecule has 4 heterocycles. The van der Waals surface area contributed by atoms with Crippen molar-refractivity contribution in [2.45, 2.75) is 18.9 Å². The third-order valence-corrected chi connectivity index (χ3v) is 4.76. The first kappa shape index (κ1) is 12.5. The van der Waals surface area contributed by atoms with Crippen LogP contribution in [0.2, 0.25) is 0 Å². The number of aromatic nitrogens is 3. The van der Waals surface area contributed by atoms with Gasteiger partial charge in [0.05, 0.1) is 11.6 Å². The highest BCUT2D eigenvalue weighted by Gasteiger charge is 2.32. The van der Waals surface area contributed by atoms with Crippen LogP contribution in [0.15, 0.2) is 42.3 Å². The molecule has 0 unspecified atom stereocenters. The van der Waals surface area contributed by atoms with Crippen LogP contribution < -0.4 is 0 Å². The summed E-state index contributed by atoms with van der Waals surface area (Å²) in [4.78, 5) is 23.3. The van der Waals surface area contributed by atoms with E-state index in [1.165, 1.54) is 0 Å².